The highest BCUT2D eigenvalue weighted by molar-refractivity contribution is 5.77. The molecule has 6 nitrogen and oxygen atoms in total. The van der Waals surface area contributed by atoms with Crippen LogP contribution in [0.15, 0.2) is 36.5 Å². The number of allylic oxidation sites excluding steroid dienone is 1. The molecule has 1 amide bonds. The van der Waals surface area contributed by atoms with Crippen molar-refractivity contribution in [3.8, 4) is 0 Å². The van der Waals surface area contributed by atoms with E-state index in [-0.39, 0.29) is 24.9 Å². The van der Waals surface area contributed by atoms with E-state index in [1.54, 1.807) is 12.1 Å². The van der Waals surface area contributed by atoms with Gasteiger partial charge in [-0.2, -0.15) is 0 Å². The summed E-state index contributed by atoms with van der Waals surface area (Å²) < 4.78 is 18.1. The van der Waals surface area contributed by atoms with E-state index in [1.165, 1.54) is 12.1 Å². The van der Waals surface area contributed by atoms with Crippen LogP contribution in [0.1, 0.15) is 44.1 Å². The standard InChI is InChI=1S/C21H29FN2O4/c1-16(24-13-5-7-19(24)21(26)27)6-3-2-4-12-23-20(25)15-28-14-17-8-10-18(22)11-9-17/h8-11,19H,1-7,12-15H2,(H,23,25)(H,26,27)/t19-/m0/s1. The highest BCUT2D eigenvalue weighted by Gasteiger charge is 2.30. The van der Waals surface area contributed by atoms with Crippen molar-refractivity contribution < 1.29 is 23.8 Å². The molecule has 0 aliphatic carbocycles. The number of carbonyl (C=O) groups is 2. The molecule has 1 aliphatic rings. The van der Waals surface area contributed by atoms with Crippen molar-refractivity contribution in [2.75, 3.05) is 19.7 Å². The average molecular weight is 392 g/mol. The smallest absolute Gasteiger partial charge is 0.326 e. The summed E-state index contributed by atoms with van der Waals surface area (Å²) in [4.78, 5) is 24.9. The summed E-state index contributed by atoms with van der Waals surface area (Å²) in [6.45, 7) is 5.62. The molecule has 28 heavy (non-hydrogen) atoms. The number of carbonyl (C=O) groups excluding carboxylic acids is 1. The van der Waals surface area contributed by atoms with Crippen LogP contribution in [0.2, 0.25) is 0 Å². The summed E-state index contributed by atoms with van der Waals surface area (Å²) in [5.74, 6) is -1.25. The molecule has 0 bridgehead atoms. The largest absolute Gasteiger partial charge is 0.480 e. The minimum atomic E-state index is -0.775. The van der Waals surface area contributed by atoms with Crippen LogP contribution in [-0.4, -0.2) is 47.6 Å². The molecule has 1 aromatic carbocycles. The van der Waals surface area contributed by atoms with Gasteiger partial charge in [0, 0.05) is 18.8 Å². The highest BCUT2D eigenvalue weighted by atomic mass is 19.1. The van der Waals surface area contributed by atoms with Crippen molar-refractivity contribution in [2.24, 2.45) is 0 Å². The number of carboxylic acid groups (broad SMARTS) is 1. The molecule has 154 valence electrons. The second-order valence-electron chi connectivity index (χ2n) is 7.04. The van der Waals surface area contributed by atoms with Crippen LogP contribution in [0.25, 0.3) is 0 Å². The van der Waals surface area contributed by atoms with Crippen molar-refractivity contribution in [3.05, 3.63) is 47.9 Å². The molecule has 0 spiro atoms. The van der Waals surface area contributed by atoms with E-state index < -0.39 is 12.0 Å². The van der Waals surface area contributed by atoms with E-state index in [0.29, 0.717) is 13.0 Å². The number of rotatable bonds is 12. The number of benzene rings is 1. The van der Waals surface area contributed by atoms with E-state index in [0.717, 1.165) is 49.9 Å². The van der Waals surface area contributed by atoms with Crippen LogP contribution in [-0.2, 0) is 20.9 Å². The van der Waals surface area contributed by atoms with Crippen LogP contribution in [0.4, 0.5) is 4.39 Å². The molecule has 2 rings (SSSR count). The van der Waals surface area contributed by atoms with Crippen LogP contribution < -0.4 is 5.32 Å². The van der Waals surface area contributed by atoms with Crippen LogP contribution in [0.3, 0.4) is 0 Å². The molecule has 0 radical (unpaired) electrons. The number of ether oxygens (including phenoxy) is 1. The third kappa shape index (κ3) is 7.31. The molecular weight excluding hydrogens is 363 g/mol. The second-order valence-corrected chi connectivity index (χ2v) is 7.04. The summed E-state index contributed by atoms with van der Waals surface area (Å²) in [5, 5.41) is 12.0. The number of halogens is 1. The molecule has 0 saturated carbocycles. The predicted molar refractivity (Wildman–Crippen MR) is 104 cm³/mol. The van der Waals surface area contributed by atoms with E-state index in [4.69, 9.17) is 4.74 Å². The SMILES string of the molecule is C=C(CCCCCNC(=O)COCc1ccc(F)cc1)N1CCC[C@H]1C(=O)O. The molecule has 1 aliphatic heterocycles. The fourth-order valence-corrected chi connectivity index (χ4v) is 3.30. The van der Waals surface area contributed by atoms with Gasteiger partial charge in [0.25, 0.3) is 0 Å². The third-order valence-electron chi connectivity index (χ3n) is 4.82. The quantitative estimate of drug-likeness (QED) is 0.535. The Kier molecular flexibility index (Phi) is 8.94. The summed E-state index contributed by atoms with van der Waals surface area (Å²) in [7, 11) is 0. The zero-order valence-corrected chi connectivity index (χ0v) is 16.2. The molecule has 0 unspecified atom stereocenters. The lowest BCUT2D eigenvalue weighted by molar-refractivity contribution is -0.141. The maximum absolute atomic E-state index is 12.8. The topological polar surface area (TPSA) is 78.9 Å². The second kappa shape index (κ2) is 11.4. The van der Waals surface area contributed by atoms with Gasteiger partial charge in [-0.05, 0) is 49.8 Å². The number of aliphatic carboxylic acids is 1. The van der Waals surface area contributed by atoms with E-state index in [2.05, 4.69) is 11.9 Å². The van der Waals surface area contributed by atoms with Gasteiger partial charge >= 0.3 is 5.97 Å². The molecule has 7 heteroatoms. The molecule has 1 aromatic rings. The molecule has 2 N–H and O–H groups in total. The Morgan fingerprint density at radius 2 is 2.00 bits per heavy atom. The minimum absolute atomic E-state index is 0.0281. The monoisotopic (exact) mass is 392 g/mol. The first-order valence-electron chi connectivity index (χ1n) is 9.73. The first-order chi connectivity index (χ1) is 13.5. The molecule has 0 aromatic heterocycles. The van der Waals surface area contributed by atoms with Gasteiger partial charge in [-0.3, -0.25) is 4.79 Å². The zero-order chi connectivity index (χ0) is 20.4. The van der Waals surface area contributed by atoms with Crippen molar-refractivity contribution in [2.45, 2.75) is 51.2 Å². The average Bonchev–Trinajstić information content (AvgIpc) is 3.16. The predicted octanol–water partition coefficient (Wildman–Crippen LogP) is 3.08. The Balaban J connectivity index is 1.49. The number of unbranched alkanes of at least 4 members (excludes halogenated alkanes) is 2. The lowest BCUT2D eigenvalue weighted by Crippen LogP contribution is -2.34. The minimum Gasteiger partial charge on any atom is -0.480 e. The molecular formula is C21H29FN2O4. The molecule has 1 heterocycles. The van der Waals surface area contributed by atoms with Crippen molar-refractivity contribution in [1.29, 1.82) is 0 Å². The maximum Gasteiger partial charge on any atom is 0.326 e. The Hall–Kier alpha value is -2.41. The van der Waals surface area contributed by atoms with Gasteiger partial charge < -0.3 is 20.1 Å². The maximum atomic E-state index is 12.8. The molecule has 1 atom stereocenters. The Morgan fingerprint density at radius 1 is 1.25 bits per heavy atom. The fourth-order valence-electron chi connectivity index (χ4n) is 3.30. The summed E-state index contributed by atoms with van der Waals surface area (Å²) >= 11 is 0. The number of likely N-dealkylation sites (tertiary alicyclic amines) is 1. The number of nitrogens with zero attached hydrogens (tertiary/aromatic N) is 1. The van der Waals surface area contributed by atoms with E-state index in [9.17, 15) is 19.1 Å². The van der Waals surface area contributed by atoms with Gasteiger partial charge in [-0.25, -0.2) is 9.18 Å². The van der Waals surface area contributed by atoms with Gasteiger partial charge in [0.2, 0.25) is 5.91 Å². The first-order valence-corrected chi connectivity index (χ1v) is 9.73. The fraction of sp³-hybridized carbons (Fsp3) is 0.524. The summed E-state index contributed by atoms with van der Waals surface area (Å²) in [6, 6.07) is 5.55. The number of hydrogen-bond acceptors (Lipinski definition) is 4. The van der Waals surface area contributed by atoms with Gasteiger partial charge in [-0.1, -0.05) is 25.1 Å². The Bertz CT molecular complexity index is 663. The Labute approximate surface area is 165 Å². The van der Waals surface area contributed by atoms with E-state index >= 15 is 0 Å². The third-order valence-corrected chi connectivity index (χ3v) is 4.82. The van der Waals surface area contributed by atoms with Crippen LogP contribution in [0.5, 0.6) is 0 Å². The molecule has 1 fully saturated rings. The van der Waals surface area contributed by atoms with Crippen molar-refractivity contribution >= 4 is 11.9 Å². The van der Waals surface area contributed by atoms with Gasteiger partial charge in [0.15, 0.2) is 0 Å². The van der Waals surface area contributed by atoms with Gasteiger partial charge in [0.1, 0.15) is 18.5 Å². The summed E-state index contributed by atoms with van der Waals surface area (Å²) in [5.41, 5.74) is 1.71. The van der Waals surface area contributed by atoms with Crippen molar-refractivity contribution in [1.82, 2.24) is 10.2 Å². The molecule has 1 saturated heterocycles. The number of hydrogen-bond donors (Lipinski definition) is 2. The number of carboxylic acids is 1. The van der Waals surface area contributed by atoms with Gasteiger partial charge in [-0.15, -0.1) is 0 Å². The zero-order valence-electron chi connectivity index (χ0n) is 16.2. The summed E-state index contributed by atoms with van der Waals surface area (Å²) in [6.07, 6.45) is 5.05. The van der Waals surface area contributed by atoms with Gasteiger partial charge in [0.05, 0.1) is 6.61 Å². The van der Waals surface area contributed by atoms with Crippen molar-refractivity contribution in [3.63, 3.8) is 0 Å². The highest BCUT2D eigenvalue weighted by Crippen LogP contribution is 2.24. The number of nitrogens with one attached hydrogen (secondary N) is 1. The van der Waals surface area contributed by atoms with Crippen LogP contribution >= 0.6 is 0 Å². The van der Waals surface area contributed by atoms with E-state index in [1.807, 2.05) is 4.90 Å². The normalized spacial score (nSPS) is 16.2. The van der Waals surface area contributed by atoms with Crippen LogP contribution in [0, 0.1) is 5.82 Å². The Morgan fingerprint density at radius 3 is 2.71 bits per heavy atom. The lowest BCUT2D eigenvalue weighted by Gasteiger charge is -2.25. The number of amides is 1. The first kappa shape index (κ1) is 21.9. The lowest BCUT2D eigenvalue weighted by atomic mass is 10.1.